The summed E-state index contributed by atoms with van der Waals surface area (Å²) in [5, 5.41) is 13.4. The molecule has 4 heteroatoms. The van der Waals surface area contributed by atoms with Crippen molar-refractivity contribution in [1.82, 2.24) is 10.3 Å². The van der Waals surface area contributed by atoms with E-state index in [1.54, 1.807) is 0 Å². The van der Waals surface area contributed by atoms with Crippen molar-refractivity contribution >= 4 is 16.8 Å². The number of aromatic nitrogens is 1. The second-order valence-electron chi connectivity index (χ2n) is 5.79. The molecule has 2 aromatic rings. The molecular weight excluding hydrogens is 262 g/mol. The fraction of sp³-hybridized carbons (Fsp3) is 0.412. The first-order chi connectivity index (χ1) is 10.2. The molecule has 4 nitrogen and oxygen atoms in total. The second-order valence-corrected chi connectivity index (χ2v) is 5.79. The molecule has 1 aromatic heterocycles. The average molecular weight is 281 g/mol. The van der Waals surface area contributed by atoms with Gasteiger partial charge in [0.15, 0.2) is 0 Å². The minimum absolute atomic E-state index is 0.0985. The van der Waals surface area contributed by atoms with Crippen LogP contribution in [0.5, 0.6) is 0 Å². The number of benzene rings is 1. The van der Waals surface area contributed by atoms with E-state index in [2.05, 4.69) is 28.5 Å². The molecule has 1 amide bonds. The van der Waals surface area contributed by atoms with Crippen molar-refractivity contribution in [3.05, 3.63) is 36.0 Å². The summed E-state index contributed by atoms with van der Waals surface area (Å²) >= 11 is 0. The lowest BCUT2D eigenvalue weighted by atomic mass is 9.87. The van der Waals surface area contributed by atoms with E-state index < -0.39 is 5.41 Å². The highest BCUT2D eigenvalue weighted by atomic mass is 16.2. The summed E-state index contributed by atoms with van der Waals surface area (Å²) in [5.41, 5.74) is 1.44. The minimum atomic E-state index is -0.777. The van der Waals surface area contributed by atoms with Gasteiger partial charge in [-0.2, -0.15) is 5.26 Å². The molecule has 1 heterocycles. The minimum Gasteiger partial charge on any atom is -0.358 e. The van der Waals surface area contributed by atoms with Gasteiger partial charge in [-0.1, -0.05) is 31.0 Å². The molecule has 0 atom stereocenters. The van der Waals surface area contributed by atoms with Crippen LogP contribution in [0, 0.1) is 16.7 Å². The van der Waals surface area contributed by atoms with Crippen molar-refractivity contribution in [3.8, 4) is 6.07 Å². The normalized spacial score (nSPS) is 16.7. The van der Waals surface area contributed by atoms with Crippen LogP contribution in [0.2, 0.25) is 0 Å². The number of amides is 1. The van der Waals surface area contributed by atoms with Crippen molar-refractivity contribution in [2.75, 3.05) is 6.54 Å². The molecule has 1 aromatic carbocycles. The Bertz CT molecular complexity index is 656. The third-order valence-corrected chi connectivity index (χ3v) is 4.37. The van der Waals surface area contributed by atoms with E-state index in [1.807, 2.05) is 18.2 Å². The van der Waals surface area contributed by atoms with Crippen LogP contribution in [-0.4, -0.2) is 17.4 Å². The van der Waals surface area contributed by atoms with Crippen LogP contribution in [0.4, 0.5) is 0 Å². The van der Waals surface area contributed by atoms with Crippen LogP contribution in [0.3, 0.4) is 0 Å². The van der Waals surface area contributed by atoms with E-state index in [0.29, 0.717) is 19.4 Å². The van der Waals surface area contributed by atoms with Gasteiger partial charge < -0.3 is 10.3 Å². The summed E-state index contributed by atoms with van der Waals surface area (Å²) in [5.74, 6) is -0.0985. The maximum absolute atomic E-state index is 12.2. The Morgan fingerprint density at radius 3 is 2.81 bits per heavy atom. The Kier molecular flexibility index (Phi) is 3.66. The van der Waals surface area contributed by atoms with E-state index in [-0.39, 0.29) is 5.91 Å². The zero-order valence-corrected chi connectivity index (χ0v) is 12.0. The predicted molar refractivity (Wildman–Crippen MR) is 81.5 cm³/mol. The Labute approximate surface area is 124 Å². The Morgan fingerprint density at radius 1 is 1.33 bits per heavy atom. The lowest BCUT2D eigenvalue weighted by Crippen LogP contribution is -2.39. The van der Waals surface area contributed by atoms with E-state index in [4.69, 9.17) is 0 Å². The topological polar surface area (TPSA) is 68.7 Å². The molecule has 0 radical (unpaired) electrons. The van der Waals surface area contributed by atoms with E-state index >= 15 is 0 Å². The fourth-order valence-corrected chi connectivity index (χ4v) is 3.12. The molecule has 1 aliphatic carbocycles. The summed E-state index contributed by atoms with van der Waals surface area (Å²) in [4.78, 5) is 15.6. The molecule has 1 saturated carbocycles. The van der Waals surface area contributed by atoms with Crippen molar-refractivity contribution in [1.29, 1.82) is 5.26 Å². The number of hydrogen-bond donors (Lipinski definition) is 2. The lowest BCUT2D eigenvalue weighted by molar-refractivity contribution is -0.127. The zero-order valence-electron chi connectivity index (χ0n) is 12.0. The number of rotatable bonds is 4. The molecule has 0 saturated heterocycles. The van der Waals surface area contributed by atoms with Crippen molar-refractivity contribution in [2.45, 2.75) is 32.1 Å². The number of carbonyl (C=O) groups excluding carboxylic acids is 1. The quantitative estimate of drug-likeness (QED) is 0.904. The number of aromatic amines is 1. The van der Waals surface area contributed by atoms with Gasteiger partial charge in [0, 0.05) is 24.2 Å². The van der Waals surface area contributed by atoms with Gasteiger partial charge in [-0.05, 0) is 30.4 Å². The first-order valence-corrected chi connectivity index (χ1v) is 7.50. The highest BCUT2D eigenvalue weighted by Crippen LogP contribution is 2.37. The molecule has 2 N–H and O–H groups in total. The maximum Gasteiger partial charge on any atom is 0.240 e. The summed E-state index contributed by atoms with van der Waals surface area (Å²) in [6.07, 6.45) is 4.09. The number of fused-ring (bicyclic) bond motifs is 1. The monoisotopic (exact) mass is 281 g/mol. The number of nitrogens with zero attached hydrogens (tertiary/aromatic N) is 1. The third kappa shape index (κ3) is 2.64. The van der Waals surface area contributed by atoms with Gasteiger partial charge in [0.1, 0.15) is 5.41 Å². The Morgan fingerprint density at radius 2 is 2.10 bits per heavy atom. The van der Waals surface area contributed by atoms with Gasteiger partial charge in [0.05, 0.1) is 6.07 Å². The lowest BCUT2D eigenvalue weighted by Gasteiger charge is -2.18. The standard InChI is InChI=1S/C17H19N3O/c18-12-17(8-3-4-9-17)16(21)19-10-7-14-11-13-5-1-2-6-15(13)20-14/h1-2,5-6,11,20H,3-4,7-10H2,(H,19,21). The number of hydrogen-bond acceptors (Lipinski definition) is 2. The van der Waals surface area contributed by atoms with Gasteiger partial charge in [-0.3, -0.25) is 4.79 Å². The van der Waals surface area contributed by atoms with E-state index in [9.17, 15) is 10.1 Å². The van der Waals surface area contributed by atoms with Gasteiger partial charge in [-0.25, -0.2) is 0 Å². The summed E-state index contributed by atoms with van der Waals surface area (Å²) in [6.45, 7) is 0.565. The van der Waals surface area contributed by atoms with Crippen LogP contribution in [0.15, 0.2) is 30.3 Å². The zero-order chi connectivity index (χ0) is 14.7. The molecule has 0 unspecified atom stereocenters. The highest BCUT2D eigenvalue weighted by molar-refractivity contribution is 5.85. The van der Waals surface area contributed by atoms with Crippen LogP contribution in [0.25, 0.3) is 10.9 Å². The van der Waals surface area contributed by atoms with Crippen LogP contribution < -0.4 is 5.32 Å². The molecule has 108 valence electrons. The van der Waals surface area contributed by atoms with Crippen LogP contribution in [-0.2, 0) is 11.2 Å². The fourth-order valence-electron chi connectivity index (χ4n) is 3.12. The maximum atomic E-state index is 12.2. The van der Waals surface area contributed by atoms with Crippen molar-refractivity contribution < 1.29 is 4.79 Å². The molecule has 0 aliphatic heterocycles. The van der Waals surface area contributed by atoms with Gasteiger partial charge in [0.2, 0.25) is 5.91 Å². The SMILES string of the molecule is N#CC1(C(=O)NCCc2cc3ccccc3[nH]2)CCCC1. The Hall–Kier alpha value is -2.28. The molecular formula is C17H19N3O. The summed E-state index contributed by atoms with van der Waals surface area (Å²) in [6, 6.07) is 12.5. The highest BCUT2D eigenvalue weighted by Gasteiger charge is 2.41. The Balaban J connectivity index is 1.58. The smallest absolute Gasteiger partial charge is 0.240 e. The number of para-hydroxylation sites is 1. The summed E-state index contributed by atoms with van der Waals surface area (Å²) < 4.78 is 0. The van der Waals surface area contributed by atoms with Gasteiger partial charge in [0.25, 0.3) is 0 Å². The number of nitrogens with one attached hydrogen (secondary N) is 2. The molecule has 3 rings (SSSR count). The van der Waals surface area contributed by atoms with E-state index in [0.717, 1.165) is 30.5 Å². The molecule has 0 spiro atoms. The number of H-pyrrole nitrogens is 1. The second kappa shape index (κ2) is 5.61. The summed E-state index contributed by atoms with van der Waals surface area (Å²) in [7, 11) is 0. The number of nitriles is 1. The molecule has 1 aliphatic rings. The van der Waals surface area contributed by atoms with Gasteiger partial charge in [-0.15, -0.1) is 0 Å². The molecule has 1 fully saturated rings. The average Bonchev–Trinajstić information content (AvgIpc) is 3.14. The third-order valence-electron chi connectivity index (χ3n) is 4.37. The predicted octanol–water partition coefficient (Wildman–Crippen LogP) is 2.91. The van der Waals surface area contributed by atoms with Crippen LogP contribution >= 0.6 is 0 Å². The van der Waals surface area contributed by atoms with E-state index in [1.165, 1.54) is 5.39 Å². The number of carbonyl (C=O) groups is 1. The molecule has 21 heavy (non-hydrogen) atoms. The first-order valence-electron chi connectivity index (χ1n) is 7.50. The van der Waals surface area contributed by atoms with Gasteiger partial charge >= 0.3 is 0 Å². The first kappa shape index (κ1) is 13.7. The van der Waals surface area contributed by atoms with Crippen LogP contribution in [0.1, 0.15) is 31.4 Å². The van der Waals surface area contributed by atoms with Crippen molar-refractivity contribution in [3.63, 3.8) is 0 Å². The van der Waals surface area contributed by atoms with Crippen molar-refractivity contribution in [2.24, 2.45) is 5.41 Å². The molecule has 0 bridgehead atoms. The largest absolute Gasteiger partial charge is 0.358 e.